The molecule has 1 aliphatic rings. The van der Waals surface area contributed by atoms with Crippen molar-refractivity contribution in [2.75, 3.05) is 20.8 Å². The minimum absolute atomic E-state index is 0.372. The van der Waals surface area contributed by atoms with Crippen molar-refractivity contribution >= 4 is 17.8 Å². The molecule has 1 saturated heterocycles. The van der Waals surface area contributed by atoms with Crippen molar-refractivity contribution in [1.29, 1.82) is 0 Å². The van der Waals surface area contributed by atoms with Gasteiger partial charge in [-0.1, -0.05) is 12.1 Å². The summed E-state index contributed by atoms with van der Waals surface area (Å²) < 4.78 is 15.5. The maximum absolute atomic E-state index is 12.8. The number of carbonyl (C=O) groups excluding carboxylic acids is 3. The third-order valence-electron chi connectivity index (χ3n) is 4.52. The minimum atomic E-state index is -1.31. The smallest absolute Gasteiger partial charge is 0.344 e. The summed E-state index contributed by atoms with van der Waals surface area (Å²) in [5.74, 6) is 0.462. The Bertz CT molecular complexity index is 913. The van der Waals surface area contributed by atoms with Gasteiger partial charge >= 0.3 is 6.03 Å². The number of ether oxygens (including phenoxy) is 3. The summed E-state index contributed by atoms with van der Waals surface area (Å²) in [5.41, 5.74) is 1.52. The van der Waals surface area contributed by atoms with Crippen molar-refractivity contribution in [2.45, 2.75) is 12.5 Å². The molecule has 3 rings (SSSR count). The zero-order valence-electron chi connectivity index (χ0n) is 16.2. The first-order valence-electron chi connectivity index (χ1n) is 8.75. The summed E-state index contributed by atoms with van der Waals surface area (Å²) in [6.45, 7) is 1.19. The number of nitrogens with zero attached hydrogens (tertiary/aromatic N) is 1. The molecule has 1 atom stereocenters. The Morgan fingerprint density at radius 1 is 0.966 bits per heavy atom. The summed E-state index contributed by atoms with van der Waals surface area (Å²) in [4.78, 5) is 37.3. The highest BCUT2D eigenvalue weighted by Gasteiger charge is 2.50. The molecule has 0 spiro atoms. The number of nitrogens with one attached hydrogen (secondary N) is 2. The van der Waals surface area contributed by atoms with Gasteiger partial charge in [0.1, 0.15) is 22.8 Å². The third-order valence-corrected chi connectivity index (χ3v) is 4.52. The van der Waals surface area contributed by atoms with Crippen LogP contribution in [0.15, 0.2) is 48.5 Å². The molecule has 0 saturated carbocycles. The van der Waals surface area contributed by atoms with E-state index in [0.717, 1.165) is 0 Å². The van der Waals surface area contributed by atoms with Crippen molar-refractivity contribution in [2.24, 2.45) is 0 Å². The molecular weight excluding hydrogens is 378 g/mol. The third kappa shape index (κ3) is 4.08. The van der Waals surface area contributed by atoms with Crippen LogP contribution in [0.3, 0.4) is 0 Å². The number of benzene rings is 2. The summed E-state index contributed by atoms with van der Waals surface area (Å²) >= 11 is 0. The van der Waals surface area contributed by atoms with E-state index in [1.807, 2.05) is 0 Å². The van der Waals surface area contributed by atoms with E-state index in [-0.39, 0.29) is 6.61 Å². The van der Waals surface area contributed by atoms with E-state index in [1.54, 1.807) is 62.6 Å². The molecule has 4 amide bonds. The number of hydrazine groups is 1. The fourth-order valence-corrected chi connectivity index (χ4v) is 2.84. The van der Waals surface area contributed by atoms with Crippen LogP contribution in [0, 0.1) is 0 Å². The Labute approximate surface area is 167 Å². The van der Waals surface area contributed by atoms with Crippen LogP contribution in [-0.2, 0) is 15.1 Å². The lowest BCUT2D eigenvalue weighted by Crippen LogP contribution is -2.49. The highest BCUT2D eigenvalue weighted by Crippen LogP contribution is 2.29. The first kappa shape index (κ1) is 20.0. The summed E-state index contributed by atoms with van der Waals surface area (Å²) in [6, 6.07) is 12.6. The van der Waals surface area contributed by atoms with Gasteiger partial charge in [-0.2, -0.15) is 5.01 Å². The fraction of sp³-hybridized carbons (Fsp3) is 0.250. The van der Waals surface area contributed by atoms with Crippen LogP contribution in [0.2, 0.25) is 0 Å². The van der Waals surface area contributed by atoms with Gasteiger partial charge in [0.25, 0.3) is 11.8 Å². The Kier molecular flexibility index (Phi) is 5.58. The minimum Gasteiger partial charge on any atom is -0.497 e. The van der Waals surface area contributed by atoms with Crippen LogP contribution in [-0.4, -0.2) is 43.7 Å². The molecule has 152 valence electrons. The maximum atomic E-state index is 12.8. The average molecular weight is 399 g/mol. The van der Waals surface area contributed by atoms with Gasteiger partial charge in [-0.15, -0.1) is 0 Å². The number of hydrogen-bond donors (Lipinski definition) is 2. The Morgan fingerprint density at radius 3 is 2.03 bits per heavy atom. The van der Waals surface area contributed by atoms with Crippen LogP contribution in [0.5, 0.6) is 17.2 Å². The van der Waals surface area contributed by atoms with Crippen LogP contribution in [0.1, 0.15) is 12.5 Å². The first-order chi connectivity index (χ1) is 13.9. The lowest BCUT2D eigenvalue weighted by atomic mass is 9.92. The number of carbonyl (C=O) groups is 3. The van der Waals surface area contributed by atoms with E-state index in [1.165, 1.54) is 7.11 Å². The molecule has 0 unspecified atom stereocenters. The summed E-state index contributed by atoms with van der Waals surface area (Å²) in [6.07, 6.45) is 0. The number of imide groups is 1. The van der Waals surface area contributed by atoms with Crippen LogP contribution in [0.4, 0.5) is 4.79 Å². The Morgan fingerprint density at radius 2 is 1.48 bits per heavy atom. The number of urea groups is 1. The lowest BCUT2D eigenvalue weighted by Gasteiger charge is -2.22. The molecule has 2 aromatic rings. The Balaban J connectivity index is 1.63. The highest BCUT2D eigenvalue weighted by molar-refractivity contribution is 6.08. The number of amides is 4. The molecule has 1 aliphatic heterocycles. The van der Waals surface area contributed by atoms with Crippen LogP contribution >= 0.6 is 0 Å². The van der Waals surface area contributed by atoms with Gasteiger partial charge in [0.2, 0.25) is 0 Å². The molecule has 9 nitrogen and oxygen atoms in total. The number of methoxy groups -OCH3 is 2. The molecule has 9 heteroatoms. The second-order valence-corrected chi connectivity index (χ2v) is 6.42. The number of rotatable bonds is 7. The molecule has 0 aromatic heterocycles. The second kappa shape index (κ2) is 8.09. The second-order valence-electron chi connectivity index (χ2n) is 6.42. The molecular formula is C20H21N3O6. The average Bonchev–Trinajstić information content (AvgIpc) is 2.96. The van der Waals surface area contributed by atoms with Gasteiger partial charge in [-0.3, -0.25) is 15.0 Å². The van der Waals surface area contributed by atoms with Gasteiger partial charge in [-0.25, -0.2) is 4.79 Å². The van der Waals surface area contributed by atoms with E-state index in [0.29, 0.717) is 27.8 Å². The summed E-state index contributed by atoms with van der Waals surface area (Å²) in [7, 11) is 3.08. The molecule has 1 fully saturated rings. The SMILES string of the molecule is COc1ccc(OCC(=O)NN2C(=O)N[C@](C)(c3ccc(OC)cc3)C2=O)cc1. The van der Waals surface area contributed by atoms with Crippen molar-refractivity contribution in [1.82, 2.24) is 15.8 Å². The van der Waals surface area contributed by atoms with Gasteiger partial charge in [0.15, 0.2) is 6.61 Å². The van der Waals surface area contributed by atoms with Crippen LogP contribution in [0.25, 0.3) is 0 Å². The van der Waals surface area contributed by atoms with E-state index < -0.39 is 23.4 Å². The monoisotopic (exact) mass is 399 g/mol. The largest absolute Gasteiger partial charge is 0.497 e. The van der Waals surface area contributed by atoms with Crippen molar-refractivity contribution in [3.63, 3.8) is 0 Å². The zero-order chi connectivity index (χ0) is 21.0. The zero-order valence-corrected chi connectivity index (χ0v) is 16.2. The highest BCUT2D eigenvalue weighted by atomic mass is 16.5. The molecule has 0 aliphatic carbocycles. The van der Waals surface area contributed by atoms with E-state index >= 15 is 0 Å². The van der Waals surface area contributed by atoms with Gasteiger partial charge in [-0.05, 0) is 48.9 Å². The number of hydrogen-bond acceptors (Lipinski definition) is 6. The first-order valence-corrected chi connectivity index (χ1v) is 8.75. The topological polar surface area (TPSA) is 106 Å². The van der Waals surface area contributed by atoms with Crippen LogP contribution < -0.4 is 25.0 Å². The van der Waals surface area contributed by atoms with E-state index in [9.17, 15) is 14.4 Å². The molecule has 0 bridgehead atoms. The predicted octanol–water partition coefficient (Wildman–Crippen LogP) is 1.58. The van der Waals surface area contributed by atoms with E-state index in [4.69, 9.17) is 14.2 Å². The van der Waals surface area contributed by atoms with Crippen molar-refractivity contribution < 1.29 is 28.6 Å². The maximum Gasteiger partial charge on any atom is 0.344 e. The van der Waals surface area contributed by atoms with Gasteiger partial charge in [0, 0.05) is 0 Å². The molecule has 2 aromatic carbocycles. The molecule has 29 heavy (non-hydrogen) atoms. The molecule has 1 heterocycles. The van der Waals surface area contributed by atoms with E-state index in [2.05, 4.69) is 10.7 Å². The van der Waals surface area contributed by atoms with Crippen molar-refractivity contribution in [3.05, 3.63) is 54.1 Å². The van der Waals surface area contributed by atoms with Gasteiger partial charge in [0.05, 0.1) is 14.2 Å². The normalized spacial score (nSPS) is 18.2. The predicted molar refractivity (Wildman–Crippen MR) is 102 cm³/mol. The standard InChI is InChI=1S/C20H21N3O6/c1-20(13-4-6-14(27-2)7-5-13)18(25)23(19(26)21-20)22-17(24)12-29-16-10-8-15(28-3)9-11-16/h4-11H,12H2,1-3H3,(H,21,26)(H,22,24)/t20-/m1/s1. The molecule has 0 radical (unpaired) electrons. The lowest BCUT2D eigenvalue weighted by molar-refractivity contribution is -0.139. The van der Waals surface area contributed by atoms with Crippen molar-refractivity contribution in [3.8, 4) is 17.2 Å². The quantitative estimate of drug-likeness (QED) is 0.685. The fourth-order valence-electron chi connectivity index (χ4n) is 2.84. The van der Waals surface area contributed by atoms with Gasteiger partial charge < -0.3 is 19.5 Å². The molecule has 2 N–H and O–H groups in total. The Hall–Kier alpha value is -3.75. The summed E-state index contributed by atoms with van der Waals surface area (Å²) in [5, 5.41) is 3.26.